The largest absolute Gasteiger partial charge is 0.395 e. The first-order valence-electron chi connectivity index (χ1n) is 6.88. The highest BCUT2D eigenvalue weighted by atomic mass is 16.3. The van der Waals surface area contributed by atoms with Crippen LogP contribution in [-0.4, -0.2) is 40.7 Å². The number of aliphatic hydroxyl groups excluding tert-OH is 1. The molecule has 0 bridgehead atoms. The summed E-state index contributed by atoms with van der Waals surface area (Å²) in [6.45, 7) is 5.27. The molecule has 0 aromatic carbocycles. The van der Waals surface area contributed by atoms with Gasteiger partial charge in [-0.1, -0.05) is 13.0 Å². The van der Waals surface area contributed by atoms with Gasteiger partial charge in [0, 0.05) is 19.1 Å². The van der Waals surface area contributed by atoms with Crippen molar-refractivity contribution in [2.45, 2.75) is 38.8 Å². The first kappa shape index (κ1) is 13.3. The third kappa shape index (κ3) is 3.43. The molecule has 1 unspecified atom stereocenters. The Morgan fingerprint density at radius 2 is 2.39 bits per heavy atom. The lowest BCUT2D eigenvalue weighted by molar-refractivity contribution is 0.152. The predicted molar refractivity (Wildman–Crippen MR) is 73.5 cm³/mol. The lowest BCUT2D eigenvalue weighted by Gasteiger charge is -2.22. The van der Waals surface area contributed by atoms with E-state index in [9.17, 15) is 5.11 Å². The van der Waals surface area contributed by atoms with Gasteiger partial charge >= 0.3 is 0 Å². The van der Waals surface area contributed by atoms with Gasteiger partial charge in [0.1, 0.15) is 5.82 Å². The van der Waals surface area contributed by atoms with Gasteiger partial charge < -0.3 is 10.4 Å². The SMILES string of the molecule is CCCNc1cccc(CN2CCCC2CO)n1. The number of aliphatic hydroxyl groups is 1. The highest BCUT2D eigenvalue weighted by molar-refractivity contribution is 5.35. The van der Waals surface area contributed by atoms with E-state index in [1.165, 1.54) is 6.42 Å². The van der Waals surface area contributed by atoms with E-state index in [0.717, 1.165) is 44.0 Å². The number of pyridine rings is 1. The number of rotatable bonds is 6. The van der Waals surface area contributed by atoms with Crippen molar-refractivity contribution in [2.75, 3.05) is 25.0 Å². The summed E-state index contributed by atoms with van der Waals surface area (Å²) in [5.41, 5.74) is 1.08. The fraction of sp³-hybridized carbons (Fsp3) is 0.643. The number of likely N-dealkylation sites (tertiary alicyclic amines) is 1. The molecule has 2 N–H and O–H groups in total. The average Bonchev–Trinajstić information content (AvgIpc) is 2.84. The highest BCUT2D eigenvalue weighted by Crippen LogP contribution is 2.19. The second-order valence-corrected chi connectivity index (χ2v) is 4.89. The Labute approximate surface area is 109 Å². The topological polar surface area (TPSA) is 48.4 Å². The molecule has 0 radical (unpaired) electrons. The van der Waals surface area contributed by atoms with Crippen LogP contribution in [0.15, 0.2) is 18.2 Å². The van der Waals surface area contributed by atoms with Crippen LogP contribution < -0.4 is 5.32 Å². The smallest absolute Gasteiger partial charge is 0.126 e. The van der Waals surface area contributed by atoms with Gasteiger partial charge in [-0.3, -0.25) is 4.90 Å². The summed E-state index contributed by atoms with van der Waals surface area (Å²) in [5.74, 6) is 0.953. The molecule has 2 heterocycles. The van der Waals surface area contributed by atoms with E-state index in [0.29, 0.717) is 6.04 Å². The Balaban J connectivity index is 1.96. The number of aromatic nitrogens is 1. The number of hydrogen-bond donors (Lipinski definition) is 2. The molecule has 4 nitrogen and oxygen atoms in total. The van der Waals surface area contributed by atoms with E-state index in [4.69, 9.17) is 0 Å². The molecule has 18 heavy (non-hydrogen) atoms. The summed E-state index contributed by atoms with van der Waals surface area (Å²) in [6.07, 6.45) is 3.38. The highest BCUT2D eigenvalue weighted by Gasteiger charge is 2.23. The third-order valence-electron chi connectivity index (χ3n) is 3.44. The van der Waals surface area contributed by atoms with Crippen LogP contribution >= 0.6 is 0 Å². The quantitative estimate of drug-likeness (QED) is 0.808. The minimum Gasteiger partial charge on any atom is -0.395 e. The summed E-state index contributed by atoms with van der Waals surface area (Å²) < 4.78 is 0. The van der Waals surface area contributed by atoms with Crippen molar-refractivity contribution in [1.29, 1.82) is 0 Å². The van der Waals surface area contributed by atoms with Crippen LogP contribution in [0.5, 0.6) is 0 Å². The van der Waals surface area contributed by atoms with Crippen LogP contribution in [0.3, 0.4) is 0 Å². The van der Waals surface area contributed by atoms with Crippen molar-refractivity contribution in [2.24, 2.45) is 0 Å². The molecule has 1 saturated heterocycles. The van der Waals surface area contributed by atoms with Crippen molar-refractivity contribution in [3.63, 3.8) is 0 Å². The fourth-order valence-corrected chi connectivity index (χ4v) is 2.44. The molecule has 1 fully saturated rings. The van der Waals surface area contributed by atoms with Crippen LogP contribution in [-0.2, 0) is 6.54 Å². The second-order valence-electron chi connectivity index (χ2n) is 4.89. The standard InChI is InChI=1S/C14H23N3O/c1-2-8-15-14-7-3-5-12(16-14)10-17-9-4-6-13(17)11-18/h3,5,7,13,18H,2,4,6,8-11H2,1H3,(H,15,16). The molecule has 2 rings (SSSR count). The van der Waals surface area contributed by atoms with Gasteiger partial charge in [-0.15, -0.1) is 0 Å². The Kier molecular flexibility index (Phi) is 4.96. The number of anilines is 1. The number of nitrogens with one attached hydrogen (secondary N) is 1. The first-order valence-corrected chi connectivity index (χ1v) is 6.88. The predicted octanol–water partition coefficient (Wildman–Crippen LogP) is 1.86. The fourth-order valence-electron chi connectivity index (χ4n) is 2.44. The zero-order chi connectivity index (χ0) is 12.8. The van der Waals surface area contributed by atoms with Gasteiger partial charge in [0.15, 0.2) is 0 Å². The van der Waals surface area contributed by atoms with Gasteiger partial charge in [-0.25, -0.2) is 4.98 Å². The molecule has 0 saturated carbocycles. The van der Waals surface area contributed by atoms with E-state index in [2.05, 4.69) is 28.2 Å². The van der Waals surface area contributed by atoms with E-state index in [-0.39, 0.29) is 6.61 Å². The van der Waals surface area contributed by atoms with Gasteiger partial charge in [0.2, 0.25) is 0 Å². The minimum absolute atomic E-state index is 0.258. The van der Waals surface area contributed by atoms with Gasteiger partial charge in [0.05, 0.1) is 12.3 Å². The van der Waals surface area contributed by atoms with Crippen molar-refractivity contribution in [3.05, 3.63) is 23.9 Å². The van der Waals surface area contributed by atoms with E-state index < -0.39 is 0 Å². The van der Waals surface area contributed by atoms with E-state index in [1.54, 1.807) is 0 Å². The molecule has 0 amide bonds. The lowest BCUT2D eigenvalue weighted by Crippen LogP contribution is -2.31. The van der Waals surface area contributed by atoms with Crippen LogP contribution in [0.4, 0.5) is 5.82 Å². The molecule has 1 aromatic rings. The van der Waals surface area contributed by atoms with Crippen molar-refractivity contribution in [3.8, 4) is 0 Å². The molecule has 1 atom stereocenters. The lowest BCUT2D eigenvalue weighted by atomic mass is 10.2. The molecule has 0 spiro atoms. The van der Waals surface area contributed by atoms with Crippen LogP contribution in [0.1, 0.15) is 31.9 Å². The molecule has 1 aliphatic rings. The third-order valence-corrected chi connectivity index (χ3v) is 3.44. The van der Waals surface area contributed by atoms with Crippen molar-refractivity contribution in [1.82, 2.24) is 9.88 Å². The maximum absolute atomic E-state index is 9.31. The number of hydrogen-bond acceptors (Lipinski definition) is 4. The van der Waals surface area contributed by atoms with Crippen LogP contribution in [0, 0.1) is 0 Å². The zero-order valence-corrected chi connectivity index (χ0v) is 11.1. The Bertz CT molecular complexity index is 370. The molecule has 100 valence electrons. The Morgan fingerprint density at radius 1 is 1.50 bits per heavy atom. The van der Waals surface area contributed by atoms with E-state index >= 15 is 0 Å². The van der Waals surface area contributed by atoms with Gasteiger partial charge in [0.25, 0.3) is 0 Å². The monoisotopic (exact) mass is 249 g/mol. The Morgan fingerprint density at radius 3 is 3.17 bits per heavy atom. The summed E-state index contributed by atoms with van der Waals surface area (Å²) in [7, 11) is 0. The van der Waals surface area contributed by atoms with Crippen LogP contribution in [0.2, 0.25) is 0 Å². The van der Waals surface area contributed by atoms with Gasteiger partial charge in [-0.05, 0) is 37.9 Å². The zero-order valence-electron chi connectivity index (χ0n) is 11.1. The van der Waals surface area contributed by atoms with Crippen molar-refractivity contribution >= 4 is 5.82 Å². The maximum Gasteiger partial charge on any atom is 0.126 e. The number of nitrogens with zero attached hydrogens (tertiary/aromatic N) is 2. The molecule has 1 aromatic heterocycles. The second kappa shape index (κ2) is 6.71. The molecule has 0 aliphatic carbocycles. The summed E-state index contributed by atoms with van der Waals surface area (Å²) in [4.78, 5) is 6.93. The molecular weight excluding hydrogens is 226 g/mol. The van der Waals surface area contributed by atoms with Crippen molar-refractivity contribution < 1.29 is 5.11 Å². The molecular formula is C14H23N3O. The maximum atomic E-state index is 9.31. The van der Waals surface area contributed by atoms with E-state index in [1.807, 2.05) is 12.1 Å². The summed E-state index contributed by atoms with van der Waals surface area (Å²) in [5, 5.41) is 12.6. The normalized spacial score (nSPS) is 20.2. The molecule has 1 aliphatic heterocycles. The Hall–Kier alpha value is -1.13. The summed E-state index contributed by atoms with van der Waals surface area (Å²) in [6, 6.07) is 6.43. The first-order chi connectivity index (χ1) is 8.83. The average molecular weight is 249 g/mol. The van der Waals surface area contributed by atoms with Crippen LogP contribution in [0.25, 0.3) is 0 Å². The molecule has 4 heteroatoms. The minimum atomic E-state index is 0.258. The van der Waals surface area contributed by atoms with Gasteiger partial charge in [-0.2, -0.15) is 0 Å². The summed E-state index contributed by atoms with van der Waals surface area (Å²) >= 11 is 0.